The topological polar surface area (TPSA) is 40.5 Å². The van der Waals surface area contributed by atoms with E-state index in [0.717, 1.165) is 24.6 Å². The molecule has 0 radical (unpaired) electrons. The summed E-state index contributed by atoms with van der Waals surface area (Å²) < 4.78 is 0. The van der Waals surface area contributed by atoms with Crippen LogP contribution in [-0.4, -0.2) is 36.5 Å². The van der Waals surface area contributed by atoms with Crippen molar-refractivity contribution in [2.45, 2.75) is 32.7 Å². The molecule has 0 amide bonds. The van der Waals surface area contributed by atoms with Gasteiger partial charge >= 0.3 is 0 Å². The molecule has 0 aliphatic rings. The first-order chi connectivity index (χ1) is 11.1. The van der Waals surface area contributed by atoms with Gasteiger partial charge in [-0.2, -0.15) is 0 Å². The van der Waals surface area contributed by atoms with E-state index in [1.807, 2.05) is 37.2 Å². The van der Waals surface area contributed by atoms with Crippen molar-refractivity contribution < 1.29 is 0 Å². The van der Waals surface area contributed by atoms with Crippen molar-refractivity contribution in [3.8, 4) is 0 Å². The normalized spacial score (nSPS) is 11.3. The molecule has 2 aromatic rings. The first-order valence-electron chi connectivity index (χ1n) is 8.00. The van der Waals surface area contributed by atoms with Gasteiger partial charge in [0.1, 0.15) is 0 Å². The van der Waals surface area contributed by atoms with Gasteiger partial charge in [0.05, 0.1) is 17.2 Å². The summed E-state index contributed by atoms with van der Waals surface area (Å²) in [4.78, 5) is 11.4. The van der Waals surface area contributed by atoms with Gasteiger partial charge in [-0.25, -0.2) is 9.98 Å². The number of hydrogen-bond donors (Lipinski definition) is 1. The molecule has 0 unspecified atom stereocenters. The molecule has 0 spiro atoms. The van der Waals surface area contributed by atoms with Gasteiger partial charge < -0.3 is 10.2 Å². The van der Waals surface area contributed by atoms with Crippen molar-refractivity contribution >= 4 is 41.3 Å². The highest BCUT2D eigenvalue weighted by Gasteiger charge is 2.06. The van der Waals surface area contributed by atoms with Crippen molar-refractivity contribution in [2.24, 2.45) is 4.99 Å². The second-order valence-corrected chi connectivity index (χ2v) is 6.92. The molecule has 6 heteroatoms. The maximum atomic E-state index is 4.67. The van der Waals surface area contributed by atoms with E-state index < -0.39 is 0 Å². The summed E-state index contributed by atoms with van der Waals surface area (Å²) in [5.74, 6) is 1.42. The molecule has 2 rings (SSSR count). The number of benzene rings is 1. The average Bonchev–Trinajstić information content (AvgIpc) is 3.00. The van der Waals surface area contributed by atoms with Gasteiger partial charge in [-0.15, -0.1) is 35.3 Å². The molecule has 24 heavy (non-hydrogen) atoms. The number of nitrogens with zero attached hydrogens (tertiary/aromatic N) is 3. The fourth-order valence-electron chi connectivity index (χ4n) is 2.11. The molecule has 1 heterocycles. The second-order valence-electron chi connectivity index (χ2n) is 6.03. The number of rotatable bonds is 6. The molecule has 0 bridgehead atoms. The molecule has 0 saturated carbocycles. The number of halogens is 1. The van der Waals surface area contributed by atoms with Gasteiger partial charge in [0.2, 0.25) is 0 Å². The summed E-state index contributed by atoms with van der Waals surface area (Å²) in [6.07, 6.45) is 0.918. The number of thiazole rings is 1. The molecule has 0 saturated heterocycles. The standard InChI is InChI=1S/C18H26N4S.HI/c1-14(2)17-21-16(13-23-17)10-11-19-18(22(3)4)20-12-15-8-6-5-7-9-15;/h5-9,13-14H,10-12H2,1-4H3,(H,19,20);1H. The van der Waals surface area contributed by atoms with Crippen molar-refractivity contribution in [3.63, 3.8) is 0 Å². The molecular weight excluding hydrogens is 431 g/mol. The molecule has 1 aromatic heterocycles. The fraction of sp³-hybridized carbons (Fsp3) is 0.444. The lowest BCUT2D eigenvalue weighted by molar-refractivity contribution is 0.578. The molecular formula is C18H27IN4S. The summed E-state index contributed by atoms with van der Waals surface area (Å²) in [6.45, 7) is 5.89. The Morgan fingerprint density at radius 2 is 1.96 bits per heavy atom. The number of guanidine groups is 1. The molecule has 1 aromatic carbocycles. The van der Waals surface area contributed by atoms with E-state index >= 15 is 0 Å². The van der Waals surface area contributed by atoms with Gasteiger partial charge in [-0.1, -0.05) is 44.2 Å². The van der Waals surface area contributed by atoms with E-state index in [2.05, 4.69) is 46.7 Å². The summed E-state index contributed by atoms with van der Waals surface area (Å²) in [5.41, 5.74) is 2.38. The maximum absolute atomic E-state index is 4.67. The maximum Gasteiger partial charge on any atom is 0.193 e. The third-order valence-corrected chi connectivity index (χ3v) is 4.60. The Labute approximate surface area is 166 Å². The Hall–Kier alpha value is -1.15. The zero-order valence-corrected chi connectivity index (χ0v) is 18.0. The highest BCUT2D eigenvalue weighted by molar-refractivity contribution is 14.0. The molecule has 0 fully saturated rings. The first kappa shape index (κ1) is 20.9. The lowest BCUT2D eigenvalue weighted by atomic mass is 10.2. The number of aliphatic imine (C=N–C) groups is 1. The van der Waals surface area contributed by atoms with Crippen LogP contribution in [0.5, 0.6) is 0 Å². The number of nitrogens with one attached hydrogen (secondary N) is 1. The highest BCUT2D eigenvalue weighted by atomic mass is 127. The summed E-state index contributed by atoms with van der Waals surface area (Å²) in [5, 5.41) is 6.79. The van der Waals surface area contributed by atoms with Crippen LogP contribution in [0.15, 0.2) is 40.7 Å². The van der Waals surface area contributed by atoms with Gasteiger partial charge in [0.25, 0.3) is 0 Å². The van der Waals surface area contributed by atoms with Crippen LogP contribution in [0.3, 0.4) is 0 Å². The van der Waals surface area contributed by atoms with Gasteiger partial charge in [0, 0.05) is 38.4 Å². The Kier molecular flexibility index (Phi) is 9.28. The zero-order chi connectivity index (χ0) is 16.7. The van der Waals surface area contributed by atoms with Crippen molar-refractivity contribution in [3.05, 3.63) is 52.0 Å². The molecule has 4 nitrogen and oxygen atoms in total. The Balaban J connectivity index is 0.00000288. The lowest BCUT2D eigenvalue weighted by Gasteiger charge is -2.17. The molecule has 0 aliphatic carbocycles. The molecule has 0 atom stereocenters. The predicted octanol–water partition coefficient (Wildman–Crippen LogP) is 4.13. The summed E-state index contributed by atoms with van der Waals surface area (Å²) in [7, 11) is 4.02. The monoisotopic (exact) mass is 458 g/mol. The van der Waals surface area contributed by atoms with Crippen molar-refractivity contribution in [1.29, 1.82) is 0 Å². The van der Waals surface area contributed by atoms with E-state index in [4.69, 9.17) is 0 Å². The third-order valence-electron chi connectivity index (χ3n) is 3.41. The van der Waals surface area contributed by atoms with Crippen LogP contribution in [0.2, 0.25) is 0 Å². The fourth-order valence-corrected chi connectivity index (χ4v) is 2.98. The summed E-state index contributed by atoms with van der Waals surface area (Å²) >= 11 is 1.75. The van der Waals surface area contributed by atoms with Crippen LogP contribution >= 0.6 is 35.3 Å². The number of aromatic nitrogens is 1. The lowest BCUT2D eigenvalue weighted by Crippen LogP contribution is -2.37. The highest BCUT2D eigenvalue weighted by Crippen LogP contribution is 2.19. The first-order valence-corrected chi connectivity index (χ1v) is 8.88. The van der Waals surface area contributed by atoms with E-state index in [1.54, 1.807) is 11.3 Å². The van der Waals surface area contributed by atoms with Crippen LogP contribution in [-0.2, 0) is 13.0 Å². The van der Waals surface area contributed by atoms with Gasteiger partial charge in [-0.05, 0) is 5.56 Å². The van der Waals surface area contributed by atoms with Crippen LogP contribution in [0, 0.1) is 0 Å². The smallest absolute Gasteiger partial charge is 0.193 e. The Morgan fingerprint density at radius 1 is 1.25 bits per heavy atom. The summed E-state index contributed by atoms with van der Waals surface area (Å²) in [6, 6.07) is 10.3. The largest absolute Gasteiger partial charge is 0.356 e. The van der Waals surface area contributed by atoms with E-state index in [-0.39, 0.29) is 24.0 Å². The molecule has 1 N–H and O–H groups in total. The second kappa shape index (κ2) is 10.7. The minimum atomic E-state index is 0. The van der Waals surface area contributed by atoms with E-state index in [1.165, 1.54) is 10.6 Å². The van der Waals surface area contributed by atoms with E-state index in [0.29, 0.717) is 12.5 Å². The van der Waals surface area contributed by atoms with Gasteiger partial charge in [0.15, 0.2) is 5.96 Å². The van der Waals surface area contributed by atoms with Crippen LogP contribution in [0.25, 0.3) is 0 Å². The van der Waals surface area contributed by atoms with Crippen molar-refractivity contribution in [2.75, 3.05) is 20.6 Å². The van der Waals surface area contributed by atoms with Crippen molar-refractivity contribution in [1.82, 2.24) is 15.2 Å². The van der Waals surface area contributed by atoms with Gasteiger partial charge in [-0.3, -0.25) is 0 Å². The molecule has 0 aliphatic heterocycles. The van der Waals surface area contributed by atoms with Crippen LogP contribution in [0.4, 0.5) is 0 Å². The Bertz CT molecular complexity index is 623. The van der Waals surface area contributed by atoms with Crippen LogP contribution < -0.4 is 5.32 Å². The van der Waals surface area contributed by atoms with E-state index in [9.17, 15) is 0 Å². The quantitative estimate of drug-likeness (QED) is 0.402. The number of hydrogen-bond acceptors (Lipinski definition) is 3. The predicted molar refractivity (Wildman–Crippen MR) is 115 cm³/mol. The minimum absolute atomic E-state index is 0. The zero-order valence-electron chi connectivity index (χ0n) is 14.8. The van der Waals surface area contributed by atoms with Crippen LogP contribution in [0.1, 0.15) is 36.0 Å². The average molecular weight is 458 g/mol. The minimum Gasteiger partial charge on any atom is -0.356 e. The Morgan fingerprint density at radius 3 is 2.54 bits per heavy atom. The SMILES string of the molecule is CC(C)c1nc(CCNC(=NCc2ccccc2)N(C)C)cs1.I. The molecule has 132 valence electrons. The third kappa shape index (κ3) is 6.76.